The van der Waals surface area contributed by atoms with Crippen LogP contribution < -0.4 is 4.72 Å². The molecule has 1 N–H and O–H groups in total. The van der Waals surface area contributed by atoms with Gasteiger partial charge in [-0.15, -0.1) is 0 Å². The molecule has 0 radical (unpaired) electrons. The van der Waals surface area contributed by atoms with Gasteiger partial charge < -0.3 is 9.64 Å². The van der Waals surface area contributed by atoms with Gasteiger partial charge in [-0.25, -0.2) is 22.3 Å². The molecule has 6 nitrogen and oxygen atoms in total. The van der Waals surface area contributed by atoms with Gasteiger partial charge in [0.05, 0.1) is 12.8 Å². The van der Waals surface area contributed by atoms with Crippen LogP contribution >= 0.6 is 0 Å². The van der Waals surface area contributed by atoms with E-state index in [1.54, 1.807) is 20.8 Å². The van der Waals surface area contributed by atoms with Crippen LogP contribution in [0.2, 0.25) is 0 Å². The van der Waals surface area contributed by atoms with Crippen molar-refractivity contribution in [2.45, 2.75) is 44.9 Å². The first-order valence-electron chi connectivity index (χ1n) is 6.52. The zero-order chi connectivity index (χ0) is 15.6. The van der Waals surface area contributed by atoms with Gasteiger partial charge in [-0.05, 0) is 33.6 Å². The number of amides is 1. The monoisotopic (exact) mass is 310 g/mol. The van der Waals surface area contributed by atoms with E-state index in [-0.39, 0.29) is 19.5 Å². The van der Waals surface area contributed by atoms with Crippen LogP contribution in [0.1, 0.15) is 33.6 Å². The number of rotatable bonds is 3. The molecule has 8 heteroatoms. The number of nitrogens with zero attached hydrogens (tertiary/aromatic N) is 1. The zero-order valence-electron chi connectivity index (χ0n) is 12.4. The van der Waals surface area contributed by atoms with Gasteiger partial charge in [0.1, 0.15) is 11.3 Å². The Labute approximate surface area is 119 Å². The summed E-state index contributed by atoms with van der Waals surface area (Å²) in [6.45, 7) is 5.14. The van der Waals surface area contributed by atoms with Crippen LogP contribution in [0.25, 0.3) is 0 Å². The maximum Gasteiger partial charge on any atom is 0.410 e. The van der Waals surface area contributed by atoms with Gasteiger partial charge in [0.2, 0.25) is 10.0 Å². The van der Waals surface area contributed by atoms with Crippen LogP contribution in [0.15, 0.2) is 0 Å². The zero-order valence-corrected chi connectivity index (χ0v) is 13.2. The van der Waals surface area contributed by atoms with Gasteiger partial charge in [0.25, 0.3) is 0 Å². The first-order valence-corrected chi connectivity index (χ1v) is 8.41. The molecule has 20 heavy (non-hydrogen) atoms. The van der Waals surface area contributed by atoms with Gasteiger partial charge in [0.15, 0.2) is 0 Å². The number of hydrogen-bond acceptors (Lipinski definition) is 4. The van der Waals surface area contributed by atoms with Crippen molar-refractivity contribution in [1.82, 2.24) is 9.62 Å². The molecule has 118 valence electrons. The lowest BCUT2D eigenvalue weighted by Crippen LogP contribution is -2.53. The summed E-state index contributed by atoms with van der Waals surface area (Å²) in [6, 6.07) is 0. The summed E-state index contributed by atoms with van der Waals surface area (Å²) in [7, 11) is -3.45. The molecule has 1 heterocycles. The molecule has 1 rings (SSSR count). The molecule has 1 fully saturated rings. The van der Waals surface area contributed by atoms with Gasteiger partial charge in [0, 0.05) is 13.1 Å². The lowest BCUT2D eigenvalue weighted by molar-refractivity contribution is -0.00379. The smallest absolute Gasteiger partial charge is 0.410 e. The van der Waals surface area contributed by atoms with E-state index >= 15 is 0 Å². The topological polar surface area (TPSA) is 75.7 Å². The highest BCUT2D eigenvalue weighted by atomic mass is 32.2. The van der Waals surface area contributed by atoms with Crippen molar-refractivity contribution < 1.29 is 22.3 Å². The largest absolute Gasteiger partial charge is 0.444 e. The number of piperidine rings is 1. The summed E-state index contributed by atoms with van der Waals surface area (Å²) >= 11 is 0. The van der Waals surface area contributed by atoms with E-state index in [4.69, 9.17) is 4.74 Å². The molecule has 0 aromatic heterocycles. The number of ether oxygens (including phenoxy) is 1. The van der Waals surface area contributed by atoms with Gasteiger partial charge >= 0.3 is 6.09 Å². The highest BCUT2D eigenvalue weighted by molar-refractivity contribution is 7.88. The van der Waals surface area contributed by atoms with E-state index < -0.39 is 27.4 Å². The second-order valence-corrected chi connectivity index (χ2v) is 8.08. The first kappa shape index (κ1) is 17.2. The Balaban J connectivity index is 2.63. The van der Waals surface area contributed by atoms with Crippen LogP contribution in [0.4, 0.5) is 9.18 Å². The molecule has 1 atom stereocenters. The molecule has 1 amide bonds. The predicted octanol–water partition coefficient (Wildman–Crippen LogP) is 1.27. The molecule has 0 spiro atoms. The van der Waals surface area contributed by atoms with Crippen LogP contribution in [0.5, 0.6) is 0 Å². The van der Waals surface area contributed by atoms with Gasteiger partial charge in [-0.1, -0.05) is 0 Å². The molecule has 0 aromatic carbocycles. The molecule has 1 saturated heterocycles. The van der Waals surface area contributed by atoms with Crippen molar-refractivity contribution in [2.75, 3.05) is 25.9 Å². The van der Waals surface area contributed by atoms with Crippen LogP contribution in [-0.2, 0) is 14.8 Å². The summed E-state index contributed by atoms with van der Waals surface area (Å²) < 4.78 is 44.0. The predicted molar refractivity (Wildman–Crippen MR) is 73.7 cm³/mol. The summed E-state index contributed by atoms with van der Waals surface area (Å²) in [5.41, 5.74) is -2.39. The van der Waals surface area contributed by atoms with Crippen LogP contribution in [0.3, 0.4) is 0 Å². The van der Waals surface area contributed by atoms with Crippen molar-refractivity contribution in [1.29, 1.82) is 0 Å². The quantitative estimate of drug-likeness (QED) is 0.852. The molecule has 1 aliphatic rings. The van der Waals surface area contributed by atoms with Crippen molar-refractivity contribution in [3.05, 3.63) is 0 Å². The van der Waals surface area contributed by atoms with E-state index in [9.17, 15) is 17.6 Å². The molecular formula is C12H23FN2O4S. The standard InChI is InChI=1S/C12H23FN2O4S/c1-11(2,3)19-10(16)15-7-5-6-12(13,9-15)8-14-20(4,17)18/h14H,5-9H2,1-4H3. The molecule has 1 aliphatic heterocycles. The van der Waals surface area contributed by atoms with E-state index in [1.165, 1.54) is 4.90 Å². The second kappa shape index (κ2) is 5.85. The number of carbonyl (C=O) groups is 1. The summed E-state index contributed by atoms with van der Waals surface area (Å²) in [5, 5.41) is 0. The molecule has 1 unspecified atom stereocenters. The van der Waals surface area contributed by atoms with Gasteiger partial charge in [-0.3, -0.25) is 0 Å². The van der Waals surface area contributed by atoms with E-state index in [1.807, 2.05) is 0 Å². The maximum absolute atomic E-state index is 14.6. The first-order chi connectivity index (χ1) is 8.90. The Bertz CT molecular complexity index is 461. The second-order valence-electron chi connectivity index (χ2n) is 6.25. The number of hydrogen-bond donors (Lipinski definition) is 1. The maximum atomic E-state index is 14.6. The van der Waals surface area contributed by atoms with Gasteiger partial charge in [-0.2, -0.15) is 0 Å². The highest BCUT2D eigenvalue weighted by Gasteiger charge is 2.39. The SMILES string of the molecule is CC(C)(C)OC(=O)N1CCCC(F)(CNS(C)(=O)=O)C1. The molecular weight excluding hydrogens is 287 g/mol. The Morgan fingerprint density at radius 2 is 2.05 bits per heavy atom. The Kier molecular flexibility index (Phi) is 5.02. The summed E-state index contributed by atoms with van der Waals surface area (Å²) in [5.74, 6) is 0. The van der Waals surface area contributed by atoms with Crippen molar-refractivity contribution in [3.63, 3.8) is 0 Å². The fourth-order valence-corrected chi connectivity index (χ4v) is 2.49. The van der Waals surface area contributed by atoms with E-state index in [2.05, 4.69) is 4.72 Å². The third-order valence-corrected chi connectivity index (χ3v) is 3.50. The lowest BCUT2D eigenvalue weighted by atomic mass is 9.95. The van der Waals surface area contributed by atoms with Crippen molar-refractivity contribution in [2.24, 2.45) is 0 Å². The molecule has 0 bridgehead atoms. The molecule has 0 saturated carbocycles. The number of halogens is 1. The number of nitrogens with one attached hydrogen (secondary N) is 1. The molecule has 0 aliphatic carbocycles. The van der Waals surface area contributed by atoms with E-state index in [0.29, 0.717) is 13.0 Å². The van der Waals surface area contributed by atoms with Crippen LogP contribution in [-0.4, -0.2) is 56.6 Å². The minimum absolute atomic E-state index is 0.162. The highest BCUT2D eigenvalue weighted by Crippen LogP contribution is 2.26. The Morgan fingerprint density at radius 1 is 1.45 bits per heavy atom. The average molecular weight is 310 g/mol. The third-order valence-electron chi connectivity index (χ3n) is 2.83. The average Bonchev–Trinajstić information content (AvgIpc) is 2.23. The lowest BCUT2D eigenvalue weighted by Gasteiger charge is -2.37. The number of likely N-dealkylation sites (tertiary alicyclic amines) is 1. The summed E-state index contributed by atoms with van der Waals surface area (Å²) in [6.07, 6.45) is 1.10. The van der Waals surface area contributed by atoms with E-state index in [0.717, 1.165) is 6.26 Å². The minimum atomic E-state index is -3.45. The van der Waals surface area contributed by atoms with Crippen molar-refractivity contribution >= 4 is 16.1 Å². The minimum Gasteiger partial charge on any atom is -0.444 e. The van der Waals surface area contributed by atoms with Crippen molar-refractivity contribution in [3.8, 4) is 0 Å². The number of alkyl halides is 1. The fourth-order valence-electron chi connectivity index (χ4n) is 1.97. The van der Waals surface area contributed by atoms with Crippen LogP contribution in [0, 0.1) is 0 Å². The normalized spacial score (nSPS) is 24.6. The third kappa shape index (κ3) is 6.04. The molecule has 0 aromatic rings. The Hall–Kier alpha value is -0.890. The fraction of sp³-hybridized carbons (Fsp3) is 0.917. The number of sulfonamides is 1. The number of carbonyl (C=O) groups excluding carboxylic acids is 1. The summed E-state index contributed by atoms with van der Waals surface area (Å²) in [4.78, 5) is 13.2. The Morgan fingerprint density at radius 3 is 2.55 bits per heavy atom.